The molecule has 6 heteroatoms. The van der Waals surface area contributed by atoms with Gasteiger partial charge in [-0.15, -0.1) is 0 Å². The average Bonchev–Trinajstić information content (AvgIpc) is 2.86. The summed E-state index contributed by atoms with van der Waals surface area (Å²) >= 11 is 0. The Bertz CT molecular complexity index is 534. The van der Waals surface area contributed by atoms with Crippen LogP contribution in [0.4, 0.5) is 0 Å². The number of hydrogen-bond donors (Lipinski definition) is 2. The molecule has 2 saturated heterocycles. The Morgan fingerprint density at radius 1 is 1.29 bits per heavy atom. The van der Waals surface area contributed by atoms with E-state index in [-0.39, 0.29) is 24.0 Å². The maximum Gasteiger partial charge on any atom is 0.238 e. The fourth-order valence-electron chi connectivity index (χ4n) is 3.12. The van der Waals surface area contributed by atoms with Gasteiger partial charge in [-0.2, -0.15) is 0 Å². The number of carbonyl (C=O) groups excluding carboxylic acids is 1. The van der Waals surface area contributed by atoms with Gasteiger partial charge < -0.3 is 20.6 Å². The summed E-state index contributed by atoms with van der Waals surface area (Å²) in [6, 6.07) is 9.17. The second-order valence-electron chi connectivity index (χ2n) is 5.57. The quantitative estimate of drug-likeness (QED) is 0.374. The molecule has 0 spiro atoms. The summed E-state index contributed by atoms with van der Waals surface area (Å²) < 4.78 is 5.75. The second kappa shape index (κ2) is 5.73. The first-order valence-corrected chi connectivity index (χ1v) is 7.15. The summed E-state index contributed by atoms with van der Waals surface area (Å²) in [5, 5.41) is 12.0. The molecule has 2 aliphatic heterocycles. The van der Waals surface area contributed by atoms with Gasteiger partial charge >= 0.3 is 0 Å². The first-order chi connectivity index (χ1) is 10.2. The predicted molar refractivity (Wildman–Crippen MR) is 77.1 cm³/mol. The van der Waals surface area contributed by atoms with Crippen LogP contribution in [0, 0.1) is 0 Å². The van der Waals surface area contributed by atoms with Gasteiger partial charge in [-0.25, -0.2) is 0 Å². The first kappa shape index (κ1) is 13.9. The van der Waals surface area contributed by atoms with E-state index in [1.807, 2.05) is 30.3 Å². The van der Waals surface area contributed by atoms with Crippen molar-refractivity contribution in [3.05, 3.63) is 35.9 Å². The highest BCUT2D eigenvalue weighted by atomic mass is 16.5. The van der Waals surface area contributed by atoms with Crippen LogP contribution in [-0.2, 0) is 9.53 Å². The monoisotopic (exact) mass is 289 g/mol. The van der Waals surface area contributed by atoms with E-state index in [4.69, 9.17) is 15.7 Å². The molecule has 3 atom stereocenters. The van der Waals surface area contributed by atoms with Crippen LogP contribution in [0.5, 0.6) is 0 Å². The summed E-state index contributed by atoms with van der Waals surface area (Å²) in [4.78, 5) is 14.6. The van der Waals surface area contributed by atoms with Crippen LogP contribution in [0.2, 0.25) is 0 Å². The third-order valence-electron chi connectivity index (χ3n) is 4.15. The van der Waals surface area contributed by atoms with E-state index in [0.717, 1.165) is 18.4 Å². The molecule has 0 aromatic heterocycles. The molecular formula is C15H19N3O3. The first-order valence-electron chi connectivity index (χ1n) is 7.15. The van der Waals surface area contributed by atoms with Gasteiger partial charge in [0.25, 0.3) is 0 Å². The lowest BCUT2D eigenvalue weighted by Crippen LogP contribution is -2.49. The van der Waals surface area contributed by atoms with Gasteiger partial charge in [-0.05, 0) is 18.4 Å². The number of amidine groups is 1. The standard InChI is InChI=1S/C15H19N3O3/c16-14(17-20)13(10-4-2-1-3-5-10)15(19)18-8-11-6-7-12(9-18)21-11/h1-5,11-13,20H,6-9H2,(H2,16,17). The third-order valence-corrected chi connectivity index (χ3v) is 4.15. The minimum absolute atomic E-state index is 0.0787. The summed E-state index contributed by atoms with van der Waals surface area (Å²) in [5.41, 5.74) is 6.50. The van der Waals surface area contributed by atoms with E-state index in [0.29, 0.717) is 13.1 Å². The van der Waals surface area contributed by atoms with Crippen molar-refractivity contribution >= 4 is 11.7 Å². The van der Waals surface area contributed by atoms with E-state index in [9.17, 15) is 4.79 Å². The van der Waals surface area contributed by atoms with Crippen molar-refractivity contribution in [2.24, 2.45) is 10.9 Å². The van der Waals surface area contributed by atoms with Crippen molar-refractivity contribution in [3.8, 4) is 0 Å². The number of likely N-dealkylation sites (tertiary alicyclic amines) is 1. The molecule has 2 heterocycles. The van der Waals surface area contributed by atoms with Crippen LogP contribution in [0.1, 0.15) is 24.3 Å². The molecule has 0 radical (unpaired) electrons. The fourth-order valence-corrected chi connectivity index (χ4v) is 3.12. The molecule has 2 aliphatic rings. The van der Waals surface area contributed by atoms with Gasteiger partial charge in [0.05, 0.1) is 12.2 Å². The Balaban J connectivity index is 1.85. The number of rotatable bonds is 3. The number of nitrogens with two attached hydrogens (primary N) is 1. The number of benzene rings is 1. The van der Waals surface area contributed by atoms with E-state index in [1.54, 1.807) is 4.90 Å². The smallest absolute Gasteiger partial charge is 0.238 e. The highest BCUT2D eigenvalue weighted by Gasteiger charge is 2.39. The minimum atomic E-state index is -0.742. The zero-order chi connectivity index (χ0) is 14.8. The number of morpholine rings is 1. The van der Waals surface area contributed by atoms with Gasteiger partial charge in [-0.1, -0.05) is 35.5 Å². The molecule has 1 aromatic rings. The highest BCUT2D eigenvalue weighted by molar-refractivity contribution is 6.07. The molecule has 2 bridgehead atoms. The minimum Gasteiger partial charge on any atom is -0.409 e. The molecule has 0 aliphatic carbocycles. The zero-order valence-corrected chi connectivity index (χ0v) is 11.7. The number of nitrogens with zero attached hydrogens (tertiary/aromatic N) is 2. The molecule has 0 saturated carbocycles. The number of amides is 1. The molecule has 6 nitrogen and oxygen atoms in total. The largest absolute Gasteiger partial charge is 0.409 e. The zero-order valence-electron chi connectivity index (χ0n) is 11.7. The lowest BCUT2D eigenvalue weighted by molar-refractivity contribution is -0.139. The van der Waals surface area contributed by atoms with Crippen LogP contribution >= 0.6 is 0 Å². The normalized spacial score (nSPS) is 26.7. The topological polar surface area (TPSA) is 88.2 Å². The van der Waals surface area contributed by atoms with Crippen LogP contribution < -0.4 is 5.73 Å². The maximum atomic E-state index is 12.8. The molecule has 112 valence electrons. The van der Waals surface area contributed by atoms with Crippen LogP contribution in [-0.4, -0.2) is 47.1 Å². The molecular weight excluding hydrogens is 270 g/mol. The lowest BCUT2D eigenvalue weighted by atomic mass is 9.96. The Hall–Kier alpha value is -2.08. The van der Waals surface area contributed by atoms with Crippen molar-refractivity contribution < 1.29 is 14.7 Å². The van der Waals surface area contributed by atoms with Crippen molar-refractivity contribution in [2.45, 2.75) is 31.0 Å². The predicted octanol–water partition coefficient (Wildman–Crippen LogP) is 0.906. The molecule has 3 rings (SSSR count). The molecule has 2 fully saturated rings. The third kappa shape index (κ3) is 2.71. The summed E-state index contributed by atoms with van der Waals surface area (Å²) in [7, 11) is 0. The Labute approximate surface area is 123 Å². The van der Waals surface area contributed by atoms with Crippen molar-refractivity contribution in [1.82, 2.24) is 4.90 Å². The second-order valence-corrected chi connectivity index (χ2v) is 5.57. The van der Waals surface area contributed by atoms with E-state index >= 15 is 0 Å². The SMILES string of the molecule is NC(=NO)C(C(=O)N1CC2CCC(C1)O2)c1ccccc1. The fraction of sp³-hybridized carbons (Fsp3) is 0.467. The Morgan fingerprint density at radius 3 is 2.48 bits per heavy atom. The molecule has 1 amide bonds. The summed E-state index contributed by atoms with van der Waals surface area (Å²) in [6.07, 6.45) is 2.23. The number of carbonyl (C=O) groups is 1. The molecule has 1 aromatic carbocycles. The van der Waals surface area contributed by atoms with Crippen LogP contribution in [0.15, 0.2) is 35.5 Å². The molecule has 3 N–H and O–H groups in total. The van der Waals surface area contributed by atoms with Crippen molar-refractivity contribution in [1.29, 1.82) is 0 Å². The number of hydrogen-bond acceptors (Lipinski definition) is 4. The summed E-state index contributed by atoms with van der Waals surface area (Å²) in [6.45, 7) is 1.16. The Morgan fingerprint density at radius 2 is 1.90 bits per heavy atom. The Kier molecular flexibility index (Phi) is 3.79. The number of oxime groups is 1. The summed E-state index contributed by atoms with van der Waals surface area (Å²) in [5.74, 6) is -0.949. The van der Waals surface area contributed by atoms with Gasteiger partial charge in [0.15, 0.2) is 5.84 Å². The number of ether oxygens (including phenoxy) is 1. The van der Waals surface area contributed by atoms with Crippen molar-refractivity contribution in [2.75, 3.05) is 13.1 Å². The lowest BCUT2D eigenvalue weighted by Gasteiger charge is -2.34. The van der Waals surface area contributed by atoms with Crippen molar-refractivity contribution in [3.63, 3.8) is 0 Å². The maximum absolute atomic E-state index is 12.8. The highest BCUT2D eigenvalue weighted by Crippen LogP contribution is 2.29. The van der Waals surface area contributed by atoms with E-state index < -0.39 is 5.92 Å². The van der Waals surface area contributed by atoms with E-state index in [2.05, 4.69) is 5.16 Å². The van der Waals surface area contributed by atoms with Gasteiger partial charge in [0.2, 0.25) is 5.91 Å². The van der Waals surface area contributed by atoms with Gasteiger partial charge in [0.1, 0.15) is 5.92 Å². The van der Waals surface area contributed by atoms with Gasteiger partial charge in [-0.3, -0.25) is 4.79 Å². The molecule has 21 heavy (non-hydrogen) atoms. The van der Waals surface area contributed by atoms with E-state index in [1.165, 1.54) is 0 Å². The average molecular weight is 289 g/mol. The van der Waals surface area contributed by atoms with Gasteiger partial charge in [0, 0.05) is 13.1 Å². The van der Waals surface area contributed by atoms with Crippen LogP contribution in [0.3, 0.4) is 0 Å². The number of fused-ring (bicyclic) bond motifs is 2. The molecule has 3 unspecified atom stereocenters. The van der Waals surface area contributed by atoms with Crippen LogP contribution in [0.25, 0.3) is 0 Å².